The number of hydrogen-bond donors (Lipinski definition) is 1. The van der Waals surface area contributed by atoms with Gasteiger partial charge in [-0.25, -0.2) is 0 Å². The van der Waals surface area contributed by atoms with Crippen molar-refractivity contribution in [2.75, 3.05) is 6.54 Å². The molecule has 0 aliphatic heterocycles. The van der Waals surface area contributed by atoms with Gasteiger partial charge in [-0.1, -0.05) is 38.5 Å². The molecule has 2 spiro atoms. The molecule has 3 saturated carbocycles. The van der Waals surface area contributed by atoms with Crippen molar-refractivity contribution >= 4 is 0 Å². The quantitative estimate of drug-likeness (QED) is 0.700. The summed E-state index contributed by atoms with van der Waals surface area (Å²) in [6.45, 7) is 0.972. The summed E-state index contributed by atoms with van der Waals surface area (Å²) >= 11 is 0. The fourth-order valence-corrected chi connectivity index (χ4v) is 5.35. The van der Waals surface area contributed by atoms with E-state index in [0.29, 0.717) is 0 Å². The van der Waals surface area contributed by atoms with Crippen molar-refractivity contribution in [3.63, 3.8) is 0 Å². The third-order valence-electron chi connectivity index (χ3n) is 5.97. The highest BCUT2D eigenvalue weighted by Crippen LogP contribution is 2.79. The minimum absolute atomic E-state index is 0.737. The Labute approximate surface area is 93.8 Å². The molecule has 3 aliphatic rings. The maximum Gasteiger partial charge on any atom is -0.00378 e. The molecule has 86 valence electrons. The molecule has 2 N–H and O–H groups in total. The molecule has 0 radical (unpaired) electrons. The van der Waals surface area contributed by atoms with E-state index in [-0.39, 0.29) is 0 Å². The highest BCUT2D eigenvalue weighted by molar-refractivity contribution is 5.22. The lowest BCUT2D eigenvalue weighted by Gasteiger charge is -2.31. The summed E-state index contributed by atoms with van der Waals surface area (Å²) in [6.07, 6.45) is 14.9. The van der Waals surface area contributed by atoms with Crippen LogP contribution in [0.25, 0.3) is 0 Å². The second-order valence-corrected chi connectivity index (χ2v) is 6.22. The molecule has 0 aromatic heterocycles. The van der Waals surface area contributed by atoms with Crippen LogP contribution in [0.2, 0.25) is 0 Å². The van der Waals surface area contributed by atoms with Gasteiger partial charge in [0.15, 0.2) is 0 Å². The molecule has 0 aromatic carbocycles. The van der Waals surface area contributed by atoms with Crippen LogP contribution >= 0.6 is 0 Å². The van der Waals surface area contributed by atoms with Crippen molar-refractivity contribution in [2.45, 2.75) is 64.2 Å². The highest BCUT2D eigenvalue weighted by atomic mass is 14.8. The molecular formula is C14H25N. The maximum atomic E-state index is 6.04. The Morgan fingerprint density at radius 1 is 0.733 bits per heavy atom. The predicted molar refractivity (Wildman–Crippen MR) is 63.6 cm³/mol. The van der Waals surface area contributed by atoms with Crippen LogP contribution in [0.15, 0.2) is 0 Å². The van der Waals surface area contributed by atoms with Crippen molar-refractivity contribution in [3.05, 3.63) is 0 Å². The third kappa shape index (κ3) is 1.19. The smallest absolute Gasteiger partial charge is 0.00378 e. The number of fused-ring (bicyclic) bond motifs is 1. The zero-order chi connectivity index (χ0) is 10.4. The van der Waals surface area contributed by atoms with E-state index in [1.807, 2.05) is 0 Å². The van der Waals surface area contributed by atoms with Gasteiger partial charge in [0.2, 0.25) is 0 Å². The van der Waals surface area contributed by atoms with Crippen LogP contribution in [0.5, 0.6) is 0 Å². The minimum Gasteiger partial charge on any atom is -0.330 e. The van der Waals surface area contributed by atoms with Crippen LogP contribution in [0.3, 0.4) is 0 Å². The minimum atomic E-state index is 0.737. The summed E-state index contributed by atoms with van der Waals surface area (Å²) in [5, 5.41) is 0. The zero-order valence-corrected chi connectivity index (χ0v) is 9.93. The Kier molecular flexibility index (Phi) is 2.35. The first kappa shape index (κ1) is 10.1. The molecule has 3 fully saturated rings. The van der Waals surface area contributed by atoms with Crippen LogP contribution in [0, 0.1) is 16.7 Å². The Morgan fingerprint density at radius 3 is 1.47 bits per heavy atom. The SMILES string of the molecule is NCC1C2(CCCCC2)C12CCCCC2. The normalized spacial score (nSPS) is 37.0. The second kappa shape index (κ2) is 3.48. The number of nitrogens with two attached hydrogens (primary N) is 1. The first-order chi connectivity index (χ1) is 7.36. The van der Waals surface area contributed by atoms with Gasteiger partial charge in [0.1, 0.15) is 0 Å². The Balaban J connectivity index is 1.82. The standard InChI is InChI=1S/C14H25N/c15-11-12-13(7-3-1-4-8-13)14(12)9-5-2-6-10-14/h12H,1-11,15H2. The van der Waals surface area contributed by atoms with E-state index in [1.165, 1.54) is 64.2 Å². The first-order valence-corrected chi connectivity index (χ1v) is 7.06. The molecule has 0 unspecified atom stereocenters. The van der Waals surface area contributed by atoms with E-state index in [1.54, 1.807) is 0 Å². The summed E-state index contributed by atoms with van der Waals surface area (Å²) < 4.78 is 0. The molecule has 15 heavy (non-hydrogen) atoms. The molecule has 1 heteroatoms. The monoisotopic (exact) mass is 207 g/mol. The van der Waals surface area contributed by atoms with Crippen molar-refractivity contribution in [3.8, 4) is 0 Å². The van der Waals surface area contributed by atoms with Gasteiger partial charge in [-0.2, -0.15) is 0 Å². The fraction of sp³-hybridized carbons (Fsp3) is 1.00. The zero-order valence-electron chi connectivity index (χ0n) is 9.93. The third-order valence-corrected chi connectivity index (χ3v) is 5.97. The van der Waals surface area contributed by atoms with Gasteiger partial charge in [0.25, 0.3) is 0 Å². The lowest BCUT2D eigenvalue weighted by molar-refractivity contribution is 0.196. The molecule has 0 amide bonds. The van der Waals surface area contributed by atoms with E-state index in [0.717, 1.165) is 23.3 Å². The maximum absolute atomic E-state index is 6.04. The highest BCUT2D eigenvalue weighted by Gasteiger charge is 2.73. The van der Waals surface area contributed by atoms with Crippen molar-refractivity contribution in [1.82, 2.24) is 0 Å². The lowest BCUT2D eigenvalue weighted by Crippen LogP contribution is -2.20. The van der Waals surface area contributed by atoms with Crippen molar-refractivity contribution in [1.29, 1.82) is 0 Å². The summed E-state index contributed by atoms with van der Waals surface area (Å²) in [5.41, 5.74) is 7.52. The van der Waals surface area contributed by atoms with E-state index in [9.17, 15) is 0 Å². The molecule has 0 aromatic rings. The lowest BCUT2D eigenvalue weighted by atomic mass is 9.73. The largest absolute Gasteiger partial charge is 0.330 e. The molecule has 0 bridgehead atoms. The molecule has 1 nitrogen and oxygen atoms in total. The van der Waals surface area contributed by atoms with Crippen LogP contribution in [0.1, 0.15) is 64.2 Å². The van der Waals surface area contributed by atoms with E-state index >= 15 is 0 Å². The summed E-state index contributed by atoms with van der Waals surface area (Å²) in [5.74, 6) is 0.908. The molecule has 0 saturated heterocycles. The summed E-state index contributed by atoms with van der Waals surface area (Å²) in [4.78, 5) is 0. The Hall–Kier alpha value is -0.0400. The van der Waals surface area contributed by atoms with E-state index < -0.39 is 0 Å². The van der Waals surface area contributed by atoms with Crippen LogP contribution < -0.4 is 5.73 Å². The van der Waals surface area contributed by atoms with Gasteiger partial charge in [-0.3, -0.25) is 0 Å². The van der Waals surface area contributed by atoms with Crippen molar-refractivity contribution < 1.29 is 0 Å². The predicted octanol–water partition coefficient (Wildman–Crippen LogP) is 3.48. The summed E-state index contributed by atoms with van der Waals surface area (Å²) in [6, 6.07) is 0. The van der Waals surface area contributed by atoms with Gasteiger partial charge in [0, 0.05) is 0 Å². The Bertz CT molecular complexity index is 210. The van der Waals surface area contributed by atoms with Crippen molar-refractivity contribution in [2.24, 2.45) is 22.5 Å². The van der Waals surface area contributed by atoms with Gasteiger partial charge in [-0.15, -0.1) is 0 Å². The topological polar surface area (TPSA) is 26.0 Å². The molecular weight excluding hydrogens is 182 g/mol. The Morgan fingerprint density at radius 2 is 1.13 bits per heavy atom. The van der Waals surface area contributed by atoms with Crippen LogP contribution in [0.4, 0.5) is 0 Å². The average Bonchev–Trinajstić information content (AvgIpc) is 2.80. The van der Waals surface area contributed by atoms with Gasteiger partial charge in [0.05, 0.1) is 0 Å². The number of hydrogen-bond acceptors (Lipinski definition) is 1. The van der Waals surface area contributed by atoms with E-state index in [4.69, 9.17) is 5.73 Å². The number of rotatable bonds is 1. The van der Waals surface area contributed by atoms with Gasteiger partial charge >= 0.3 is 0 Å². The molecule has 0 atom stereocenters. The summed E-state index contributed by atoms with van der Waals surface area (Å²) in [7, 11) is 0. The van der Waals surface area contributed by atoms with Gasteiger partial charge < -0.3 is 5.73 Å². The van der Waals surface area contributed by atoms with Crippen LogP contribution in [-0.4, -0.2) is 6.54 Å². The average molecular weight is 207 g/mol. The molecule has 3 aliphatic carbocycles. The van der Waals surface area contributed by atoms with Gasteiger partial charge in [-0.05, 0) is 49.0 Å². The van der Waals surface area contributed by atoms with E-state index in [2.05, 4.69) is 0 Å². The first-order valence-electron chi connectivity index (χ1n) is 7.06. The molecule has 3 rings (SSSR count). The molecule has 0 heterocycles. The van der Waals surface area contributed by atoms with Crippen LogP contribution in [-0.2, 0) is 0 Å². The second-order valence-electron chi connectivity index (χ2n) is 6.22. The fourth-order valence-electron chi connectivity index (χ4n) is 5.35.